The van der Waals surface area contributed by atoms with Crippen LogP contribution in [0.3, 0.4) is 0 Å². The lowest BCUT2D eigenvalue weighted by molar-refractivity contribution is -0.139. The number of hydrogen-bond donors (Lipinski definition) is 1. The fraction of sp³-hybridized carbons (Fsp3) is 0.240. The summed E-state index contributed by atoms with van der Waals surface area (Å²) < 4.78 is 12.6. The van der Waals surface area contributed by atoms with Crippen LogP contribution in [-0.2, 0) is 16.0 Å². The summed E-state index contributed by atoms with van der Waals surface area (Å²) in [6.45, 7) is 7.47. The average Bonchev–Trinajstić information content (AvgIpc) is 3.44. The van der Waals surface area contributed by atoms with Crippen LogP contribution in [0.1, 0.15) is 35.9 Å². The number of thiophene rings is 1. The molecule has 0 radical (unpaired) electrons. The summed E-state index contributed by atoms with van der Waals surface area (Å²) in [6.07, 6.45) is 3.88. The van der Waals surface area contributed by atoms with Crippen LogP contribution in [0.25, 0.3) is 6.08 Å². The number of aromatic hydroxyl groups is 1. The summed E-state index contributed by atoms with van der Waals surface area (Å²) in [5.41, 5.74) is 1.98. The van der Waals surface area contributed by atoms with Gasteiger partial charge in [-0.25, -0.2) is 9.79 Å². The highest BCUT2D eigenvalue weighted by Crippen LogP contribution is 2.34. The van der Waals surface area contributed by atoms with Crippen molar-refractivity contribution in [2.45, 2.75) is 26.3 Å². The summed E-state index contributed by atoms with van der Waals surface area (Å²) in [6, 6.07) is 6.65. The van der Waals surface area contributed by atoms with Crippen LogP contribution in [0.2, 0.25) is 0 Å². The summed E-state index contributed by atoms with van der Waals surface area (Å²) in [7, 11) is 1.48. The van der Waals surface area contributed by atoms with Gasteiger partial charge in [-0.3, -0.25) is 9.36 Å². The van der Waals surface area contributed by atoms with E-state index >= 15 is 0 Å². The number of hydrogen-bond acceptors (Lipinski definition) is 8. The molecule has 3 aromatic rings. The number of esters is 1. The first-order valence-electron chi connectivity index (χ1n) is 10.6. The Morgan fingerprint density at radius 3 is 2.82 bits per heavy atom. The molecule has 1 N–H and O–H groups in total. The second-order valence-electron chi connectivity index (χ2n) is 7.54. The highest BCUT2D eigenvalue weighted by Gasteiger charge is 2.33. The Morgan fingerprint density at radius 1 is 1.38 bits per heavy atom. The molecule has 7 nitrogen and oxygen atoms in total. The smallest absolute Gasteiger partial charge is 0.338 e. The molecule has 0 saturated carbocycles. The van der Waals surface area contributed by atoms with Gasteiger partial charge in [-0.2, -0.15) is 0 Å². The number of methoxy groups -OCH3 is 1. The number of rotatable bonds is 7. The molecule has 4 rings (SSSR count). The molecule has 34 heavy (non-hydrogen) atoms. The number of phenols is 1. The minimum atomic E-state index is -0.608. The van der Waals surface area contributed by atoms with Crippen LogP contribution in [0.5, 0.6) is 11.5 Å². The lowest BCUT2D eigenvalue weighted by Crippen LogP contribution is -2.39. The maximum atomic E-state index is 13.6. The topological polar surface area (TPSA) is 90.1 Å². The van der Waals surface area contributed by atoms with Crippen LogP contribution in [0.15, 0.2) is 63.4 Å². The van der Waals surface area contributed by atoms with Crippen molar-refractivity contribution in [1.29, 1.82) is 0 Å². The fourth-order valence-electron chi connectivity index (χ4n) is 3.90. The summed E-state index contributed by atoms with van der Waals surface area (Å²) >= 11 is 2.72. The van der Waals surface area contributed by atoms with Crippen molar-refractivity contribution in [3.8, 4) is 11.5 Å². The number of benzene rings is 1. The number of thiazole rings is 1. The first kappa shape index (κ1) is 23.7. The number of phenolic OH excluding ortho intramolecular Hbond substituents is 1. The number of ether oxygens (including phenoxy) is 2. The van der Waals surface area contributed by atoms with Crippen molar-refractivity contribution in [1.82, 2.24) is 4.57 Å². The number of fused-ring (bicyclic) bond motifs is 1. The zero-order valence-corrected chi connectivity index (χ0v) is 20.7. The van der Waals surface area contributed by atoms with E-state index in [0.717, 1.165) is 4.88 Å². The molecular weight excluding hydrogens is 472 g/mol. The van der Waals surface area contributed by atoms with Crippen molar-refractivity contribution in [3.05, 3.63) is 89.3 Å². The Labute approximate surface area is 204 Å². The third-order valence-electron chi connectivity index (χ3n) is 5.39. The van der Waals surface area contributed by atoms with E-state index in [1.165, 1.54) is 29.8 Å². The first-order valence-corrected chi connectivity index (χ1v) is 12.3. The van der Waals surface area contributed by atoms with E-state index in [4.69, 9.17) is 9.47 Å². The van der Waals surface area contributed by atoms with Crippen LogP contribution >= 0.6 is 22.7 Å². The van der Waals surface area contributed by atoms with E-state index in [1.54, 1.807) is 42.7 Å². The minimum Gasteiger partial charge on any atom is -0.504 e. The maximum absolute atomic E-state index is 13.6. The number of carbonyl (C=O) groups excluding carboxylic acids is 1. The maximum Gasteiger partial charge on any atom is 0.338 e. The quantitative estimate of drug-likeness (QED) is 0.400. The third-order valence-corrected chi connectivity index (χ3v) is 7.30. The van der Waals surface area contributed by atoms with Gasteiger partial charge in [0.15, 0.2) is 16.3 Å². The van der Waals surface area contributed by atoms with Gasteiger partial charge in [0.2, 0.25) is 0 Å². The molecule has 0 saturated heterocycles. The van der Waals surface area contributed by atoms with E-state index in [0.29, 0.717) is 43.9 Å². The highest BCUT2D eigenvalue weighted by molar-refractivity contribution is 7.10. The van der Waals surface area contributed by atoms with Crippen LogP contribution in [0, 0.1) is 0 Å². The molecule has 9 heteroatoms. The lowest BCUT2D eigenvalue weighted by Gasteiger charge is -2.23. The molecule has 176 valence electrons. The van der Waals surface area contributed by atoms with Gasteiger partial charge in [0.05, 0.1) is 29.5 Å². The normalized spacial score (nSPS) is 15.6. The molecule has 2 aromatic heterocycles. The summed E-state index contributed by atoms with van der Waals surface area (Å²) in [5, 5.41) is 12.3. The summed E-state index contributed by atoms with van der Waals surface area (Å²) in [5.74, 6) is -0.113. The molecule has 3 heterocycles. The molecule has 1 unspecified atom stereocenters. The third kappa shape index (κ3) is 4.24. The minimum absolute atomic E-state index is 0.0495. The molecule has 0 bridgehead atoms. The standard InChI is InChI=1S/C25H24N2O5S2/c1-5-8-16-11-15(12-17(31-4)22(16)28)13-19-23(29)27-21(18-9-7-10-33-18)20(24(30)32-6-2)14(3)26-25(27)34-19/h5,7,9-13,21,28H,1,6,8H2,2-4H3/b19-13+. The predicted octanol–water partition coefficient (Wildman–Crippen LogP) is 3.30. The predicted molar refractivity (Wildman–Crippen MR) is 133 cm³/mol. The van der Waals surface area contributed by atoms with Crippen molar-refractivity contribution < 1.29 is 19.4 Å². The monoisotopic (exact) mass is 496 g/mol. The van der Waals surface area contributed by atoms with Crippen molar-refractivity contribution in [2.75, 3.05) is 13.7 Å². The molecular formula is C25H24N2O5S2. The van der Waals surface area contributed by atoms with Crippen LogP contribution in [-0.4, -0.2) is 29.4 Å². The Bertz CT molecular complexity index is 1460. The summed E-state index contributed by atoms with van der Waals surface area (Å²) in [4.78, 5) is 32.4. The van der Waals surface area contributed by atoms with Crippen molar-refractivity contribution >= 4 is 34.7 Å². The van der Waals surface area contributed by atoms with Crippen molar-refractivity contribution in [3.63, 3.8) is 0 Å². The van der Waals surface area contributed by atoms with Gasteiger partial charge in [0.25, 0.3) is 5.56 Å². The van der Waals surface area contributed by atoms with Gasteiger partial charge in [0, 0.05) is 10.4 Å². The second-order valence-corrected chi connectivity index (χ2v) is 9.53. The number of aromatic nitrogens is 1. The zero-order valence-electron chi connectivity index (χ0n) is 19.0. The van der Waals surface area contributed by atoms with E-state index in [9.17, 15) is 14.7 Å². The second kappa shape index (κ2) is 9.82. The first-order chi connectivity index (χ1) is 16.4. The molecule has 0 amide bonds. The van der Waals surface area contributed by atoms with E-state index < -0.39 is 12.0 Å². The van der Waals surface area contributed by atoms with Gasteiger partial charge < -0.3 is 14.6 Å². The van der Waals surface area contributed by atoms with Gasteiger partial charge in [-0.1, -0.05) is 23.5 Å². The lowest BCUT2D eigenvalue weighted by atomic mass is 10.0. The Hall–Kier alpha value is -3.43. The number of carbonyl (C=O) groups is 1. The Kier molecular flexibility index (Phi) is 6.85. The number of nitrogens with zero attached hydrogens (tertiary/aromatic N) is 2. The van der Waals surface area contributed by atoms with Crippen molar-refractivity contribution in [2.24, 2.45) is 4.99 Å². The molecule has 0 aliphatic carbocycles. The molecule has 1 aromatic carbocycles. The van der Waals surface area contributed by atoms with Crippen LogP contribution in [0.4, 0.5) is 0 Å². The van der Waals surface area contributed by atoms with E-state index in [-0.39, 0.29) is 17.9 Å². The largest absolute Gasteiger partial charge is 0.504 e. The highest BCUT2D eigenvalue weighted by atomic mass is 32.1. The van der Waals surface area contributed by atoms with E-state index in [2.05, 4.69) is 11.6 Å². The van der Waals surface area contributed by atoms with E-state index in [1.807, 2.05) is 17.5 Å². The molecule has 1 aliphatic rings. The fourth-order valence-corrected chi connectivity index (χ4v) is 5.77. The molecule has 1 aliphatic heterocycles. The van der Waals surface area contributed by atoms with Gasteiger partial charge in [-0.05, 0) is 55.5 Å². The van der Waals surface area contributed by atoms with Crippen LogP contribution < -0.4 is 19.6 Å². The zero-order chi connectivity index (χ0) is 24.4. The van der Waals surface area contributed by atoms with Gasteiger partial charge in [-0.15, -0.1) is 17.9 Å². The molecule has 1 atom stereocenters. The molecule has 0 fully saturated rings. The van der Waals surface area contributed by atoms with Gasteiger partial charge >= 0.3 is 5.97 Å². The average molecular weight is 497 g/mol. The van der Waals surface area contributed by atoms with Gasteiger partial charge in [0.1, 0.15) is 6.04 Å². The SMILES string of the molecule is C=CCc1cc(/C=c2/sc3n(c2=O)C(c2cccs2)C(C(=O)OCC)=C(C)N=3)cc(OC)c1O. The molecule has 0 spiro atoms. The number of allylic oxidation sites excluding steroid dienone is 2. The Morgan fingerprint density at radius 2 is 2.18 bits per heavy atom. The Balaban J connectivity index is 1.92.